The Balaban J connectivity index is 1.80. The van der Waals surface area contributed by atoms with Crippen molar-refractivity contribution < 1.29 is 14.2 Å². The molecule has 0 radical (unpaired) electrons. The Kier molecular flexibility index (Phi) is 4.32. The molecule has 0 aliphatic carbocycles. The minimum Gasteiger partial charge on any atom is -0.245 e. The van der Waals surface area contributed by atoms with Crippen LogP contribution in [0.5, 0.6) is 0 Å². The number of rotatable bonds is 2. The molecule has 132 valence electrons. The maximum Gasteiger partial charge on any atom is 0.329 e. The lowest BCUT2D eigenvalue weighted by Crippen LogP contribution is -2.55. The molecule has 2 atom stereocenters. The maximum absolute atomic E-state index is 13.4. The average molecular weight is 369 g/mol. The molecule has 0 bridgehead atoms. The molecule has 2 aliphatic heterocycles. The van der Waals surface area contributed by atoms with E-state index in [2.05, 4.69) is 4.98 Å². The first kappa shape index (κ1) is 16.9. The van der Waals surface area contributed by atoms with E-state index in [4.69, 9.17) is 11.6 Å². The highest BCUT2D eigenvalue weighted by atomic mass is 35.5. The smallest absolute Gasteiger partial charge is 0.245 e. The van der Waals surface area contributed by atoms with Gasteiger partial charge in [0.1, 0.15) is 11.2 Å². The Hall–Kier alpha value is -2.53. The zero-order chi connectivity index (χ0) is 18.3. The summed E-state index contributed by atoms with van der Waals surface area (Å²) >= 11 is 5.91. The van der Waals surface area contributed by atoms with E-state index < -0.39 is 5.92 Å². The van der Waals surface area contributed by atoms with Crippen molar-refractivity contribution in [3.05, 3.63) is 64.9 Å². The fourth-order valence-electron chi connectivity index (χ4n) is 3.89. The van der Waals surface area contributed by atoms with Gasteiger partial charge in [0.05, 0.1) is 7.05 Å². The second-order valence-electron chi connectivity index (χ2n) is 6.69. The van der Waals surface area contributed by atoms with Crippen LogP contribution in [0.25, 0.3) is 0 Å². The average Bonchev–Trinajstić information content (AvgIpc) is 2.67. The van der Waals surface area contributed by atoms with Crippen LogP contribution in [0.1, 0.15) is 42.3 Å². The SMILES string of the molecule is C[N+]1=C2CCCC(c3ccc(Cl)nc3)N2C(=O)C(c2ccccc2)C1=O. The molecular weight excluding hydrogens is 350 g/mol. The summed E-state index contributed by atoms with van der Waals surface area (Å²) in [5.41, 5.74) is 1.67. The van der Waals surface area contributed by atoms with Crippen molar-refractivity contribution in [2.24, 2.45) is 0 Å². The molecule has 1 fully saturated rings. The molecule has 0 saturated carbocycles. The quantitative estimate of drug-likeness (QED) is 0.465. The third-order valence-electron chi connectivity index (χ3n) is 5.18. The minimum atomic E-state index is -0.800. The van der Waals surface area contributed by atoms with Gasteiger partial charge in [-0.1, -0.05) is 48.0 Å². The molecule has 26 heavy (non-hydrogen) atoms. The predicted octanol–water partition coefficient (Wildman–Crippen LogP) is 3.15. The van der Waals surface area contributed by atoms with Crippen LogP contribution < -0.4 is 0 Å². The standard InChI is InChI=1S/C20H19ClN3O2/c1-23-17-9-5-8-15(14-10-11-16(21)22-12-14)24(17)20(26)18(19(23)25)13-6-3-2-4-7-13/h2-4,6-7,10-12,15,18H,5,8-9H2,1H3/q+1. The Morgan fingerprint density at radius 3 is 2.58 bits per heavy atom. The topological polar surface area (TPSA) is 53.3 Å². The number of halogens is 1. The van der Waals surface area contributed by atoms with E-state index in [0.29, 0.717) is 11.6 Å². The number of amides is 2. The highest BCUT2D eigenvalue weighted by Crippen LogP contribution is 2.37. The van der Waals surface area contributed by atoms with E-state index >= 15 is 0 Å². The largest absolute Gasteiger partial charge is 0.329 e. The van der Waals surface area contributed by atoms with Crippen LogP contribution in [0.3, 0.4) is 0 Å². The summed E-state index contributed by atoms with van der Waals surface area (Å²) in [6, 6.07) is 12.8. The van der Waals surface area contributed by atoms with Gasteiger partial charge < -0.3 is 0 Å². The number of likely N-dealkylation sites (N-methyl/N-ethyl adjacent to an activating group) is 1. The van der Waals surface area contributed by atoms with Gasteiger partial charge in [-0.3, -0.25) is 0 Å². The summed E-state index contributed by atoms with van der Waals surface area (Å²) in [6.45, 7) is 0. The zero-order valence-electron chi connectivity index (χ0n) is 14.4. The van der Waals surface area contributed by atoms with Gasteiger partial charge in [-0.25, -0.2) is 19.1 Å². The summed E-state index contributed by atoms with van der Waals surface area (Å²) in [6.07, 6.45) is 4.19. The van der Waals surface area contributed by atoms with Gasteiger partial charge in [-0.2, -0.15) is 4.90 Å². The normalized spacial score (nSPS) is 23.2. The van der Waals surface area contributed by atoms with Crippen molar-refractivity contribution in [1.29, 1.82) is 0 Å². The van der Waals surface area contributed by atoms with Crippen molar-refractivity contribution in [3.63, 3.8) is 0 Å². The van der Waals surface area contributed by atoms with Crippen LogP contribution in [0, 0.1) is 0 Å². The highest BCUT2D eigenvalue weighted by molar-refractivity contribution is 6.29. The lowest BCUT2D eigenvalue weighted by molar-refractivity contribution is -0.430. The second-order valence-corrected chi connectivity index (χ2v) is 7.07. The summed E-state index contributed by atoms with van der Waals surface area (Å²) in [4.78, 5) is 32.2. The highest BCUT2D eigenvalue weighted by Gasteiger charge is 2.52. The number of hydrogen-bond acceptors (Lipinski definition) is 3. The molecular formula is C20H19ClN3O2+. The van der Waals surface area contributed by atoms with E-state index in [1.54, 1.807) is 28.8 Å². The first-order valence-electron chi connectivity index (χ1n) is 8.71. The summed E-state index contributed by atoms with van der Waals surface area (Å²) in [5, 5.41) is 0.424. The third kappa shape index (κ3) is 2.72. The lowest BCUT2D eigenvalue weighted by Gasteiger charge is -2.35. The fourth-order valence-corrected chi connectivity index (χ4v) is 4.00. The number of amidine groups is 1. The van der Waals surface area contributed by atoms with Crippen molar-refractivity contribution in [1.82, 2.24) is 9.88 Å². The molecule has 1 aromatic heterocycles. The first-order chi connectivity index (χ1) is 12.6. The van der Waals surface area contributed by atoms with Gasteiger partial charge in [0, 0.05) is 18.2 Å². The Bertz CT molecular complexity index is 893. The summed E-state index contributed by atoms with van der Waals surface area (Å²) < 4.78 is 1.65. The molecule has 1 saturated heterocycles. The zero-order valence-corrected chi connectivity index (χ0v) is 15.2. The van der Waals surface area contributed by atoms with Crippen molar-refractivity contribution in [2.75, 3.05) is 7.05 Å². The van der Waals surface area contributed by atoms with Crippen LogP contribution >= 0.6 is 11.6 Å². The summed E-state index contributed by atoms with van der Waals surface area (Å²) in [5.74, 6) is -0.347. The molecule has 2 aromatic rings. The Morgan fingerprint density at radius 1 is 1.12 bits per heavy atom. The van der Waals surface area contributed by atoms with Gasteiger partial charge in [-0.15, -0.1) is 0 Å². The second kappa shape index (κ2) is 6.65. The number of piperidine rings is 1. The van der Waals surface area contributed by atoms with Gasteiger partial charge in [0.25, 0.3) is 5.84 Å². The number of aromatic nitrogens is 1. The number of nitrogens with zero attached hydrogens (tertiary/aromatic N) is 3. The molecule has 2 amide bonds. The number of hydrogen-bond donors (Lipinski definition) is 0. The van der Waals surface area contributed by atoms with Gasteiger partial charge in [0.2, 0.25) is 0 Å². The predicted molar refractivity (Wildman–Crippen MR) is 98.1 cm³/mol. The first-order valence-corrected chi connectivity index (χ1v) is 9.08. The number of benzene rings is 1. The number of pyridine rings is 1. The molecule has 0 spiro atoms. The summed E-state index contributed by atoms with van der Waals surface area (Å²) in [7, 11) is 1.76. The molecule has 3 heterocycles. The molecule has 2 unspecified atom stereocenters. The number of carbonyl (C=O) groups is 2. The van der Waals surface area contributed by atoms with Crippen LogP contribution in [0.15, 0.2) is 48.7 Å². The minimum absolute atomic E-state index is 0.127. The van der Waals surface area contributed by atoms with E-state index in [1.165, 1.54) is 0 Å². The fraction of sp³-hybridized carbons (Fsp3) is 0.300. The van der Waals surface area contributed by atoms with Crippen molar-refractivity contribution >= 4 is 29.3 Å². The third-order valence-corrected chi connectivity index (χ3v) is 5.41. The number of carbonyl (C=O) groups excluding carboxylic acids is 2. The number of fused-ring (bicyclic) bond motifs is 1. The van der Waals surface area contributed by atoms with Crippen LogP contribution in [-0.4, -0.2) is 39.2 Å². The van der Waals surface area contributed by atoms with Crippen LogP contribution in [0.2, 0.25) is 5.15 Å². The van der Waals surface area contributed by atoms with Crippen LogP contribution in [0.4, 0.5) is 0 Å². The van der Waals surface area contributed by atoms with Gasteiger partial charge in [-0.05, 0) is 24.5 Å². The van der Waals surface area contributed by atoms with Gasteiger partial charge >= 0.3 is 11.8 Å². The Labute approximate surface area is 156 Å². The lowest BCUT2D eigenvalue weighted by atomic mass is 9.88. The molecule has 6 heteroatoms. The monoisotopic (exact) mass is 368 g/mol. The molecule has 1 aromatic carbocycles. The van der Waals surface area contributed by atoms with Crippen LogP contribution in [-0.2, 0) is 9.59 Å². The molecule has 4 rings (SSSR count). The van der Waals surface area contributed by atoms with E-state index in [1.807, 2.05) is 36.4 Å². The van der Waals surface area contributed by atoms with Crippen molar-refractivity contribution in [2.45, 2.75) is 31.2 Å². The van der Waals surface area contributed by atoms with Crippen molar-refractivity contribution in [3.8, 4) is 0 Å². The van der Waals surface area contributed by atoms with E-state index in [0.717, 1.165) is 29.8 Å². The van der Waals surface area contributed by atoms with Gasteiger partial charge in [0.15, 0.2) is 5.92 Å². The Morgan fingerprint density at radius 2 is 1.88 bits per heavy atom. The molecule has 0 N–H and O–H groups in total. The maximum atomic E-state index is 13.4. The van der Waals surface area contributed by atoms with E-state index in [9.17, 15) is 9.59 Å². The molecule has 5 nitrogen and oxygen atoms in total. The molecule has 2 aliphatic rings. The van der Waals surface area contributed by atoms with E-state index in [-0.39, 0.29) is 17.9 Å².